The molecule has 2 fully saturated rings. The fraction of sp³-hybridized carbons (Fsp3) is 0.519. The van der Waals surface area contributed by atoms with Crippen LogP contribution in [0.2, 0.25) is 15.1 Å². The third-order valence-corrected chi connectivity index (χ3v) is 8.30. The van der Waals surface area contributed by atoms with Gasteiger partial charge in [0.15, 0.2) is 5.65 Å². The normalized spacial score (nSPS) is 21.2. The van der Waals surface area contributed by atoms with Crippen LogP contribution in [0.3, 0.4) is 0 Å². The van der Waals surface area contributed by atoms with Crippen LogP contribution in [0.15, 0.2) is 18.3 Å². The number of benzene rings is 1. The molecule has 2 amide bonds. The molecule has 1 aliphatic heterocycles. The molecule has 1 aromatic carbocycles. The Hall–Kier alpha value is -3.02. The van der Waals surface area contributed by atoms with E-state index in [1.165, 1.54) is 0 Å². The van der Waals surface area contributed by atoms with Crippen LogP contribution in [-0.2, 0) is 9.53 Å². The number of aromatic nitrogens is 4. The molecule has 2 aliphatic rings. The Morgan fingerprint density at radius 3 is 2.44 bits per heavy atom. The third-order valence-electron chi connectivity index (χ3n) is 7.49. The number of primary amides is 1. The minimum Gasteiger partial charge on any atom is -0.447 e. The second-order valence-electron chi connectivity index (χ2n) is 10.8. The van der Waals surface area contributed by atoms with Crippen LogP contribution in [0.4, 0.5) is 22.4 Å². The fourth-order valence-corrected chi connectivity index (χ4v) is 6.42. The Kier molecular flexibility index (Phi) is 8.96. The molecular formula is C27H33Cl3N8O3. The van der Waals surface area contributed by atoms with E-state index in [0.717, 1.165) is 25.7 Å². The molecule has 4 N–H and O–H groups in total. The van der Waals surface area contributed by atoms with Crippen molar-refractivity contribution in [3.05, 3.63) is 33.4 Å². The van der Waals surface area contributed by atoms with E-state index in [4.69, 9.17) is 55.2 Å². The van der Waals surface area contributed by atoms with Crippen molar-refractivity contribution >= 4 is 75.6 Å². The monoisotopic (exact) mass is 622 g/mol. The molecule has 1 atom stereocenters. The standard InChI is InChI=1S/C27H33Cl3N8O3/c1-14(2)41-27(40)37-9-3-4-17(13-37)33-25-32-12-21-24(36-25)38(18-7-5-15(6-8-18)23(31)39)26(34-21)35-22-19(29)10-16(28)11-20(22)30/h10-12,14-15,17-18H,3-9,13H2,1-2H3,(H2,31,39)(H,34,35)(H,32,33,36)/t15-,17-,18-/m1/s1. The SMILES string of the molecule is CC(C)OC(=O)N1CCC[C@@H](Nc2ncc3nc(Nc4c(Cl)cc(Cl)cc4Cl)n([C@H]4CC[C@H](C(N)=O)CC4)c3n2)C1. The third kappa shape index (κ3) is 6.73. The molecule has 1 saturated heterocycles. The van der Waals surface area contributed by atoms with Crippen molar-refractivity contribution in [3.8, 4) is 0 Å². The summed E-state index contributed by atoms with van der Waals surface area (Å²) in [7, 11) is 0. The number of carbonyl (C=O) groups excluding carboxylic acids is 2. The zero-order valence-corrected chi connectivity index (χ0v) is 25.1. The largest absolute Gasteiger partial charge is 0.447 e. The average molecular weight is 624 g/mol. The van der Waals surface area contributed by atoms with Gasteiger partial charge in [-0.25, -0.2) is 14.8 Å². The molecule has 1 saturated carbocycles. The summed E-state index contributed by atoms with van der Waals surface area (Å²) < 4.78 is 7.40. The number of piperidine rings is 1. The number of halogens is 3. The van der Waals surface area contributed by atoms with Gasteiger partial charge in [-0.15, -0.1) is 0 Å². The van der Waals surface area contributed by atoms with Crippen molar-refractivity contribution in [1.82, 2.24) is 24.4 Å². The van der Waals surface area contributed by atoms with Gasteiger partial charge in [0.1, 0.15) is 5.52 Å². The number of nitrogens with one attached hydrogen (secondary N) is 2. The summed E-state index contributed by atoms with van der Waals surface area (Å²) in [5.74, 6) is 0.508. The Morgan fingerprint density at radius 2 is 1.78 bits per heavy atom. The van der Waals surface area contributed by atoms with Gasteiger partial charge in [-0.2, -0.15) is 4.98 Å². The van der Waals surface area contributed by atoms with E-state index in [9.17, 15) is 9.59 Å². The second-order valence-corrected chi connectivity index (χ2v) is 12.1. The van der Waals surface area contributed by atoms with Gasteiger partial charge in [-0.05, 0) is 64.5 Å². The van der Waals surface area contributed by atoms with E-state index in [2.05, 4.69) is 15.6 Å². The van der Waals surface area contributed by atoms with Crippen LogP contribution >= 0.6 is 34.8 Å². The number of carbonyl (C=O) groups is 2. The number of ether oxygens (including phenoxy) is 1. The number of hydrogen-bond donors (Lipinski definition) is 3. The number of rotatable bonds is 7. The highest BCUT2D eigenvalue weighted by molar-refractivity contribution is 6.41. The quantitative estimate of drug-likeness (QED) is 0.284. The first-order valence-corrected chi connectivity index (χ1v) is 14.9. The van der Waals surface area contributed by atoms with Crippen LogP contribution in [0.25, 0.3) is 11.2 Å². The summed E-state index contributed by atoms with van der Waals surface area (Å²) in [5, 5.41) is 7.80. The number of likely N-dealkylation sites (tertiary alicyclic amines) is 1. The minimum absolute atomic E-state index is 0.00155. The van der Waals surface area contributed by atoms with Gasteiger partial charge in [0.25, 0.3) is 0 Å². The van der Waals surface area contributed by atoms with Gasteiger partial charge in [-0.1, -0.05) is 34.8 Å². The molecule has 1 aliphatic carbocycles. The molecule has 0 spiro atoms. The Balaban J connectivity index is 1.45. The van der Waals surface area contributed by atoms with Crippen LogP contribution in [0.5, 0.6) is 0 Å². The Labute approximate surface area is 253 Å². The van der Waals surface area contributed by atoms with E-state index < -0.39 is 0 Å². The summed E-state index contributed by atoms with van der Waals surface area (Å²) >= 11 is 19.1. The van der Waals surface area contributed by atoms with Crippen molar-refractivity contribution in [2.45, 2.75) is 70.6 Å². The summed E-state index contributed by atoms with van der Waals surface area (Å²) in [6.07, 6.45) is 5.65. The molecule has 3 aromatic rings. The first-order valence-electron chi connectivity index (χ1n) is 13.8. The van der Waals surface area contributed by atoms with Gasteiger partial charge >= 0.3 is 6.09 Å². The van der Waals surface area contributed by atoms with E-state index >= 15 is 0 Å². The first-order chi connectivity index (χ1) is 19.6. The molecule has 41 heavy (non-hydrogen) atoms. The van der Waals surface area contributed by atoms with Gasteiger partial charge in [-0.3, -0.25) is 9.36 Å². The predicted octanol–water partition coefficient (Wildman–Crippen LogP) is 6.17. The van der Waals surface area contributed by atoms with E-state index in [0.29, 0.717) is 69.7 Å². The molecule has 220 valence electrons. The lowest BCUT2D eigenvalue weighted by Gasteiger charge is -2.33. The van der Waals surface area contributed by atoms with Gasteiger partial charge < -0.3 is 26.0 Å². The van der Waals surface area contributed by atoms with Crippen LogP contribution < -0.4 is 16.4 Å². The topological polar surface area (TPSA) is 140 Å². The lowest BCUT2D eigenvalue weighted by molar-refractivity contribution is -0.122. The van der Waals surface area contributed by atoms with E-state index in [-0.39, 0.29) is 36.1 Å². The number of nitrogens with two attached hydrogens (primary N) is 1. The van der Waals surface area contributed by atoms with Crippen molar-refractivity contribution < 1.29 is 14.3 Å². The summed E-state index contributed by atoms with van der Waals surface area (Å²) in [6.45, 7) is 4.81. The maximum atomic E-state index is 12.5. The maximum absolute atomic E-state index is 12.5. The first kappa shape index (κ1) is 29.5. The molecule has 0 radical (unpaired) electrons. The fourth-order valence-electron chi connectivity index (χ4n) is 5.51. The second kappa shape index (κ2) is 12.5. The van der Waals surface area contributed by atoms with Crippen LogP contribution in [0, 0.1) is 5.92 Å². The summed E-state index contributed by atoms with van der Waals surface area (Å²) in [6, 6.07) is 3.18. The maximum Gasteiger partial charge on any atom is 0.410 e. The Bertz CT molecular complexity index is 1420. The van der Waals surface area contributed by atoms with Gasteiger partial charge in [0, 0.05) is 36.1 Å². The van der Waals surface area contributed by atoms with Crippen LogP contribution in [0.1, 0.15) is 58.4 Å². The molecule has 0 bridgehead atoms. The average Bonchev–Trinajstić information content (AvgIpc) is 3.27. The number of amides is 2. The van der Waals surface area contributed by atoms with Crippen molar-refractivity contribution in [2.75, 3.05) is 23.7 Å². The highest BCUT2D eigenvalue weighted by atomic mass is 35.5. The smallest absolute Gasteiger partial charge is 0.410 e. The van der Waals surface area contributed by atoms with Crippen molar-refractivity contribution in [3.63, 3.8) is 0 Å². The number of hydrogen-bond acceptors (Lipinski definition) is 8. The number of fused-ring (bicyclic) bond motifs is 1. The summed E-state index contributed by atoms with van der Waals surface area (Å²) in [5.41, 5.74) is 7.27. The number of anilines is 3. The van der Waals surface area contributed by atoms with Crippen molar-refractivity contribution in [2.24, 2.45) is 11.7 Å². The van der Waals surface area contributed by atoms with Crippen molar-refractivity contribution in [1.29, 1.82) is 0 Å². The van der Waals surface area contributed by atoms with E-state index in [1.807, 2.05) is 18.4 Å². The molecule has 0 unspecified atom stereocenters. The lowest BCUT2D eigenvalue weighted by atomic mass is 9.85. The zero-order valence-electron chi connectivity index (χ0n) is 22.9. The predicted molar refractivity (Wildman–Crippen MR) is 160 cm³/mol. The molecular weight excluding hydrogens is 591 g/mol. The molecule has 3 heterocycles. The number of imidazole rings is 1. The number of nitrogens with zero attached hydrogens (tertiary/aromatic N) is 5. The van der Waals surface area contributed by atoms with Gasteiger partial charge in [0.05, 0.1) is 28.0 Å². The van der Waals surface area contributed by atoms with E-state index in [1.54, 1.807) is 23.2 Å². The van der Waals surface area contributed by atoms with Gasteiger partial charge in [0.2, 0.25) is 17.8 Å². The highest BCUT2D eigenvalue weighted by Gasteiger charge is 2.30. The zero-order chi connectivity index (χ0) is 29.3. The minimum atomic E-state index is -0.317. The summed E-state index contributed by atoms with van der Waals surface area (Å²) in [4.78, 5) is 40.1. The lowest BCUT2D eigenvalue weighted by Crippen LogP contribution is -2.46. The van der Waals surface area contributed by atoms with Crippen LogP contribution in [-0.4, -0.2) is 61.7 Å². The molecule has 11 nitrogen and oxygen atoms in total. The highest BCUT2D eigenvalue weighted by Crippen LogP contribution is 2.40. The molecule has 5 rings (SSSR count). The molecule has 14 heteroatoms. The molecule has 2 aromatic heterocycles. The Morgan fingerprint density at radius 1 is 1.07 bits per heavy atom.